The summed E-state index contributed by atoms with van der Waals surface area (Å²) < 4.78 is 1.67. The lowest BCUT2D eigenvalue weighted by Gasteiger charge is -2.34. The minimum absolute atomic E-state index is 0.0262. The van der Waals surface area contributed by atoms with Gasteiger partial charge in [0.2, 0.25) is 5.91 Å². The van der Waals surface area contributed by atoms with E-state index in [9.17, 15) is 9.59 Å². The molecule has 7 nitrogen and oxygen atoms in total. The minimum atomic E-state index is -0.417. The van der Waals surface area contributed by atoms with Gasteiger partial charge in [-0.2, -0.15) is 5.10 Å². The number of nitrogens with two attached hydrogens (primary N) is 1. The molecular weight excluding hydrogens is 282 g/mol. The van der Waals surface area contributed by atoms with Gasteiger partial charge >= 0.3 is 0 Å². The number of aromatic nitrogens is 2. The van der Waals surface area contributed by atoms with Gasteiger partial charge in [-0.3, -0.25) is 19.2 Å². The molecule has 1 saturated heterocycles. The van der Waals surface area contributed by atoms with Crippen LogP contribution in [0, 0.1) is 11.8 Å². The van der Waals surface area contributed by atoms with Crippen LogP contribution in [0.5, 0.6) is 0 Å². The lowest BCUT2D eigenvalue weighted by atomic mass is 9.73. The minimum Gasteiger partial charge on any atom is -0.344 e. The molecule has 1 aliphatic heterocycles. The first-order chi connectivity index (χ1) is 10.6. The first-order valence-electron chi connectivity index (χ1n) is 7.87. The molecule has 7 heteroatoms. The molecule has 1 atom stereocenters. The van der Waals surface area contributed by atoms with Crippen molar-refractivity contribution < 1.29 is 9.59 Å². The van der Waals surface area contributed by atoms with Gasteiger partial charge in [0.1, 0.15) is 6.04 Å². The molecule has 0 radical (unpaired) electrons. The molecular formula is C15H23N5O2. The Kier molecular flexibility index (Phi) is 4.15. The first kappa shape index (κ1) is 15.0. The van der Waals surface area contributed by atoms with Gasteiger partial charge in [0, 0.05) is 32.3 Å². The molecule has 2 aliphatic rings. The normalized spacial score (nSPS) is 27.8. The van der Waals surface area contributed by atoms with E-state index in [0.717, 1.165) is 12.8 Å². The number of carbonyl (C=O) groups is 2. The molecule has 3 N–H and O–H groups in total. The van der Waals surface area contributed by atoms with E-state index < -0.39 is 6.04 Å². The van der Waals surface area contributed by atoms with Gasteiger partial charge in [0.25, 0.3) is 5.91 Å². The van der Waals surface area contributed by atoms with Gasteiger partial charge < -0.3 is 11.1 Å². The van der Waals surface area contributed by atoms with E-state index in [0.29, 0.717) is 43.6 Å². The average molecular weight is 305 g/mol. The molecule has 1 aromatic heterocycles. The predicted molar refractivity (Wildman–Crippen MR) is 82.0 cm³/mol. The van der Waals surface area contributed by atoms with Gasteiger partial charge in [-0.15, -0.1) is 0 Å². The molecule has 1 unspecified atom stereocenters. The standard InChI is InChI=1S/C15H23N5O2/c1-19-4-3-13(18-19)20-5-2-12(15(20)22)17-14(21)8-10-6-11(7-10)9-16/h3-4,10-12H,2,5-9,16H2,1H3,(H,17,21). The van der Waals surface area contributed by atoms with Gasteiger partial charge in [-0.25, -0.2) is 0 Å². The highest BCUT2D eigenvalue weighted by atomic mass is 16.2. The van der Waals surface area contributed by atoms with Gasteiger partial charge in [-0.1, -0.05) is 0 Å². The molecule has 3 rings (SSSR count). The fourth-order valence-corrected chi connectivity index (χ4v) is 3.34. The number of nitrogens with zero attached hydrogens (tertiary/aromatic N) is 3. The van der Waals surface area contributed by atoms with Crippen LogP contribution in [0.3, 0.4) is 0 Å². The third kappa shape index (κ3) is 2.99. The Labute approximate surface area is 129 Å². The number of carbonyl (C=O) groups excluding carboxylic acids is 2. The molecule has 2 fully saturated rings. The zero-order valence-corrected chi connectivity index (χ0v) is 12.9. The lowest BCUT2D eigenvalue weighted by Crippen LogP contribution is -2.43. The number of aryl methyl sites for hydroxylation is 1. The Morgan fingerprint density at radius 1 is 1.45 bits per heavy atom. The summed E-state index contributed by atoms with van der Waals surface area (Å²) in [6.45, 7) is 1.30. The van der Waals surface area contributed by atoms with Crippen molar-refractivity contribution in [3.63, 3.8) is 0 Å². The second-order valence-corrected chi connectivity index (χ2v) is 6.39. The number of hydrogen-bond acceptors (Lipinski definition) is 4. The molecule has 1 saturated carbocycles. The van der Waals surface area contributed by atoms with Gasteiger partial charge in [-0.05, 0) is 37.6 Å². The molecule has 1 aromatic rings. The van der Waals surface area contributed by atoms with Crippen molar-refractivity contribution in [3.05, 3.63) is 12.3 Å². The van der Waals surface area contributed by atoms with Crippen molar-refractivity contribution in [2.45, 2.75) is 31.7 Å². The Morgan fingerprint density at radius 3 is 2.86 bits per heavy atom. The van der Waals surface area contributed by atoms with Gasteiger partial charge in [0.05, 0.1) is 0 Å². The van der Waals surface area contributed by atoms with Crippen LogP contribution in [0.15, 0.2) is 12.3 Å². The Balaban J connectivity index is 1.49. The van der Waals surface area contributed by atoms with E-state index in [1.54, 1.807) is 15.8 Å². The lowest BCUT2D eigenvalue weighted by molar-refractivity contribution is -0.127. The zero-order chi connectivity index (χ0) is 15.7. The smallest absolute Gasteiger partial charge is 0.250 e. The summed E-state index contributed by atoms with van der Waals surface area (Å²) in [4.78, 5) is 26.1. The summed E-state index contributed by atoms with van der Waals surface area (Å²) in [5, 5.41) is 7.11. The van der Waals surface area contributed by atoms with E-state index in [1.807, 2.05) is 13.1 Å². The summed E-state index contributed by atoms with van der Waals surface area (Å²) >= 11 is 0. The van der Waals surface area contributed by atoms with Crippen molar-refractivity contribution in [2.75, 3.05) is 18.0 Å². The Hall–Kier alpha value is -1.89. The van der Waals surface area contributed by atoms with Crippen molar-refractivity contribution in [3.8, 4) is 0 Å². The SMILES string of the molecule is Cn1ccc(N2CCC(NC(=O)CC3CC(CN)C3)C2=O)n1. The number of hydrogen-bond donors (Lipinski definition) is 2. The second kappa shape index (κ2) is 6.08. The van der Waals surface area contributed by atoms with Crippen LogP contribution in [0.2, 0.25) is 0 Å². The molecule has 2 amide bonds. The number of rotatable bonds is 5. The summed E-state index contributed by atoms with van der Waals surface area (Å²) in [6.07, 6.45) is 5.01. The zero-order valence-electron chi connectivity index (χ0n) is 12.9. The van der Waals surface area contributed by atoms with E-state index in [-0.39, 0.29) is 11.8 Å². The summed E-state index contributed by atoms with van der Waals surface area (Å²) in [7, 11) is 1.82. The summed E-state index contributed by atoms with van der Waals surface area (Å²) in [5.41, 5.74) is 5.59. The fourth-order valence-electron chi connectivity index (χ4n) is 3.34. The summed E-state index contributed by atoms with van der Waals surface area (Å²) in [6, 6.07) is 1.39. The van der Waals surface area contributed by atoms with E-state index in [4.69, 9.17) is 5.73 Å². The molecule has 0 aromatic carbocycles. The van der Waals surface area contributed by atoms with Crippen molar-refractivity contribution in [2.24, 2.45) is 24.6 Å². The Morgan fingerprint density at radius 2 is 2.23 bits per heavy atom. The van der Waals surface area contributed by atoms with Crippen molar-refractivity contribution >= 4 is 17.6 Å². The number of anilines is 1. The molecule has 0 bridgehead atoms. The Bertz CT molecular complexity index is 564. The van der Waals surface area contributed by atoms with Crippen LogP contribution in [0.4, 0.5) is 5.82 Å². The highest BCUT2D eigenvalue weighted by Gasteiger charge is 2.36. The topological polar surface area (TPSA) is 93.2 Å². The second-order valence-electron chi connectivity index (χ2n) is 6.39. The van der Waals surface area contributed by atoms with Crippen LogP contribution in [0.1, 0.15) is 25.7 Å². The van der Waals surface area contributed by atoms with E-state index >= 15 is 0 Å². The average Bonchev–Trinajstić information content (AvgIpc) is 3.01. The van der Waals surface area contributed by atoms with Crippen LogP contribution in [0.25, 0.3) is 0 Å². The highest BCUT2D eigenvalue weighted by molar-refractivity contribution is 6.00. The van der Waals surface area contributed by atoms with Crippen molar-refractivity contribution in [1.29, 1.82) is 0 Å². The van der Waals surface area contributed by atoms with Crippen LogP contribution in [-0.4, -0.2) is 40.7 Å². The quantitative estimate of drug-likeness (QED) is 0.802. The number of amides is 2. The van der Waals surface area contributed by atoms with Crippen LogP contribution < -0.4 is 16.0 Å². The highest BCUT2D eigenvalue weighted by Crippen LogP contribution is 2.35. The van der Waals surface area contributed by atoms with Gasteiger partial charge in [0.15, 0.2) is 5.82 Å². The third-order valence-corrected chi connectivity index (χ3v) is 4.66. The largest absolute Gasteiger partial charge is 0.344 e. The maximum Gasteiger partial charge on any atom is 0.250 e. The maximum absolute atomic E-state index is 12.4. The predicted octanol–water partition coefficient (Wildman–Crippen LogP) is 0.0166. The van der Waals surface area contributed by atoms with Crippen LogP contribution in [-0.2, 0) is 16.6 Å². The van der Waals surface area contributed by atoms with Crippen molar-refractivity contribution in [1.82, 2.24) is 15.1 Å². The van der Waals surface area contributed by atoms with Crippen LogP contribution >= 0.6 is 0 Å². The molecule has 120 valence electrons. The maximum atomic E-state index is 12.4. The fraction of sp³-hybridized carbons (Fsp3) is 0.667. The van der Waals surface area contributed by atoms with E-state index in [1.165, 1.54) is 0 Å². The monoisotopic (exact) mass is 305 g/mol. The third-order valence-electron chi connectivity index (χ3n) is 4.66. The summed E-state index contributed by atoms with van der Waals surface area (Å²) in [5.74, 6) is 1.55. The molecule has 0 spiro atoms. The van der Waals surface area contributed by atoms with E-state index in [2.05, 4.69) is 10.4 Å². The number of nitrogens with one attached hydrogen (secondary N) is 1. The molecule has 1 aliphatic carbocycles. The molecule has 22 heavy (non-hydrogen) atoms. The molecule has 2 heterocycles. The first-order valence-corrected chi connectivity index (χ1v) is 7.87.